The lowest BCUT2D eigenvalue weighted by molar-refractivity contribution is 0.547. The molecular weight excluding hydrogens is 236 g/mol. The van der Waals surface area contributed by atoms with Crippen molar-refractivity contribution in [2.45, 2.75) is 33.2 Å². The fraction of sp³-hybridized carbons (Fsp3) is 0.600. The van der Waals surface area contributed by atoms with Crippen molar-refractivity contribution < 1.29 is 0 Å². The molecule has 0 aliphatic carbocycles. The summed E-state index contributed by atoms with van der Waals surface area (Å²) in [4.78, 5) is 11.0. The first-order chi connectivity index (χ1) is 9.13. The average Bonchev–Trinajstić information content (AvgIpc) is 2.39. The lowest BCUT2D eigenvalue weighted by atomic mass is 10.2. The van der Waals surface area contributed by atoms with Crippen molar-refractivity contribution in [3.05, 3.63) is 30.7 Å². The number of hydrogen-bond acceptors (Lipinski definition) is 4. The highest BCUT2D eigenvalue weighted by molar-refractivity contribution is 5.34. The van der Waals surface area contributed by atoms with Gasteiger partial charge in [0, 0.05) is 20.1 Å². The Morgan fingerprint density at radius 2 is 2.16 bits per heavy atom. The first-order valence-electron chi connectivity index (χ1n) is 6.97. The van der Waals surface area contributed by atoms with E-state index >= 15 is 0 Å². The Labute approximate surface area is 117 Å². The second kappa shape index (κ2) is 8.64. The van der Waals surface area contributed by atoms with E-state index in [1.807, 2.05) is 25.5 Å². The van der Waals surface area contributed by atoms with E-state index in [9.17, 15) is 0 Å². The third-order valence-corrected chi connectivity index (χ3v) is 2.84. The Bertz CT molecular complexity index is 359. The fourth-order valence-electron chi connectivity index (χ4n) is 1.71. The largest absolute Gasteiger partial charge is 0.358 e. The van der Waals surface area contributed by atoms with Crippen LogP contribution in [0.25, 0.3) is 0 Å². The Morgan fingerprint density at radius 3 is 2.74 bits per heavy atom. The standard InChI is InChI=1S/C15H26N4/c1-5-6-7-8-19(4)15-12-17-14(11-18-15)10-16-9-13(2)3/h5,11-13,16H,1,6-10H2,2-4H3. The summed E-state index contributed by atoms with van der Waals surface area (Å²) in [7, 11) is 2.05. The first-order valence-corrected chi connectivity index (χ1v) is 6.97. The molecule has 0 radical (unpaired) electrons. The minimum Gasteiger partial charge on any atom is -0.358 e. The average molecular weight is 262 g/mol. The number of nitrogens with one attached hydrogen (secondary N) is 1. The van der Waals surface area contributed by atoms with E-state index < -0.39 is 0 Å². The summed E-state index contributed by atoms with van der Waals surface area (Å²) >= 11 is 0. The van der Waals surface area contributed by atoms with Crippen LogP contribution >= 0.6 is 0 Å². The summed E-state index contributed by atoms with van der Waals surface area (Å²) < 4.78 is 0. The summed E-state index contributed by atoms with van der Waals surface area (Å²) in [5.74, 6) is 1.58. The maximum absolute atomic E-state index is 4.45. The van der Waals surface area contributed by atoms with Gasteiger partial charge in [-0.05, 0) is 25.3 Å². The smallest absolute Gasteiger partial charge is 0.146 e. The molecule has 0 unspecified atom stereocenters. The van der Waals surface area contributed by atoms with Crippen molar-refractivity contribution in [2.75, 3.05) is 25.0 Å². The van der Waals surface area contributed by atoms with Crippen LogP contribution in [0.2, 0.25) is 0 Å². The fourth-order valence-corrected chi connectivity index (χ4v) is 1.71. The SMILES string of the molecule is C=CCCCN(C)c1cnc(CNCC(C)C)cn1. The quantitative estimate of drug-likeness (QED) is 0.548. The summed E-state index contributed by atoms with van der Waals surface area (Å²) in [5, 5.41) is 3.36. The third kappa shape index (κ3) is 6.34. The molecule has 4 nitrogen and oxygen atoms in total. The molecule has 19 heavy (non-hydrogen) atoms. The molecule has 1 rings (SSSR count). The van der Waals surface area contributed by atoms with E-state index in [1.165, 1.54) is 0 Å². The topological polar surface area (TPSA) is 41.1 Å². The molecule has 1 N–H and O–H groups in total. The van der Waals surface area contributed by atoms with Gasteiger partial charge in [0.25, 0.3) is 0 Å². The summed E-state index contributed by atoms with van der Waals surface area (Å²) in [6.45, 7) is 10.9. The zero-order valence-electron chi connectivity index (χ0n) is 12.4. The number of anilines is 1. The maximum Gasteiger partial charge on any atom is 0.146 e. The highest BCUT2D eigenvalue weighted by atomic mass is 15.2. The number of aromatic nitrogens is 2. The van der Waals surface area contributed by atoms with Crippen LogP contribution in [0.5, 0.6) is 0 Å². The molecular formula is C15H26N4. The Balaban J connectivity index is 2.39. The molecule has 0 amide bonds. The van der Waals surface area contributed by atoms with Gasteiger partial charge in [0.2, 0.25) is 0 Å². The van der Waals surface area contributed by atoms with Gasteiger partial charge in [0.1, 0.15) is 5.82 Å². The molecule has 106 valence electrons. The number of hydrogen-bond donors (Lipinski definition) is 1. The predicted molar refractivity (Wildman–Crippen MR) is 81.3 cm³/mol. The number of rotatable bonds is 9. The lowest BCUT2D eigenvalue weighted by Gasteiger charge is -2.17. The van der Waals surface area contributed by atoms with E-state index in [-0.39, 0.29) is 0 Å². The molecule has 0 saturated heterocycles. The van der Waals surface area contributed by atoms with E-state index in [2.05, 4.69) is 40.6 Å². The Kier molecular flexibility index (Phi) is 7.11. The van der Waals surface area contributed by atoms with Crippen molar-refractivity contribution >= 4 is 5.82 Å². The van der Waals surface area contributed by atoms with Crippen LogP contribution in [0.15, 0.2) is 25.0 Å². The van der Waals surface area contributed by atoms with Gasteiger partial charge < -0.3 is 10.2 Å². The van der Waals surface area contributed by atoms with Crippen molar-refractivity contribution in [3.63, 3.8) is 0 Å². The predicted octanol–water partition coefficient (Wildman–Crippen LogP) is 2.62. The Morgan fingerprint density at radius 1 is 1.37 bits per heavy atom. The molecule has 0 aliphatic heterocycles. The highest BCUT2D eigenvalue weighted by Crippen LogP contribution is 2.08. The number of unbranched alkanes of at least 4 members (excludes halogenated alkanes) is 1. The van der Waals surface area contributed by atoms with Crippen molar-refractivity contribution in [1.82, 2.24) is 15.3 Å². The second-order valence-corrected chi connectivity index (χ2v) is 5.24. The van der Waals surface area contributed by atoms with Gasteiger partial charge in [-0.1, -0.05) is 19.9 Å². The minimum atomic E-state index is 0.656. The Hall–Kier alpha value is -1.42. The van der Waals surface area contributed by atoms with E-state index in [0.717, 1.165) is 44.0 Å². The summed E-state index contributed by atoms with van der Waals surface area (Å²) in [6.07, 6.45) is 7.78. The van der Waals surface area contributed by atoms with Gasteiger partial charge >= 0.3 is 0 Å². The van der Waals surface area contributed by atoms with Crippen LogP contribution in [0.3, 0.4) is 0 Å². The molecule has 0 atom stereocenters. The van der Waals surface area contributed by atoms with Gasteiger partial charge in [0.05, 0.1) is 18.1 Å². The summed E-state index contributed by atoms with van der Waals surface area (Å²) in [6, 6.07) is 0. The molecule has 0 saturated carbocycles. The van der Waals surface area contributed by atoms with Gasteiger partial charge in [-0.3, -0.25) is 4.98 Å². The van der Waals surface area contributed by atoms with Crippen LogP contribution in [0.4, 0.5) is 5.82 Å². The van der Waals surface area contributed by atoms with E-state index in [1.54, 1.807) is 0 Å². The molecule has 1 aromatic rings. The minimum absolute atomic E-state index is 0.656. The van der Waals surface area contributed by atoms with Gasteiger partial charge in [-0.2, -0.15) is 0 Å². The van der Waals surface area contributed by atoms with Crippen molar-refractivity contribution in [3.8, 4) is 0 Å². The van der Waals surface area contributed by atoms with E-state index in [4.69, 9.17) is 0 Å². The van der Waals surface area contributed by atoms with Crippen LogP contribution in [-0.2, 0) is 6.54 Å². The third-order valence-electron chi connectivity index (χ3n) is 2.84. The maximum atomic E-state index is 4.45. The van der Waals surface area contributed by atoms with Crippen molar-refractivity contribution in [1.29, 1.82) is 0 Å². The zero-order valence-corrected chi connectivity index (χ0v) is 12.4. The molecule has 0 aliphatic rings. The second-order valence-electron chi connectivity index (χ2n) is 5.24. The van der Waals surface area contributed by atoms with Gasteiger partial charge in [0.15, 0.2) is 0 Å². The molecule has 0 fully saturated rings. The monoisotopic (exact) mass is 262 g/mol. The van der Waals surface area contributed by atoms with Crippen molar-refractivity contribution in [2.24, 2.45) is 5.92 Å². The molecule has 1 heterocycles. The molecule has 0 aromatic carbocycles. The molecule has 0 bridgehead atoms. The number of allylic oxidation sites excluding steroid dienone is 1. The zero-order chi connectivity index (χ0) is 14.1. The van der Waals surface area contributed by atoms with Gasteiger partial charge in [-0.25, -0.2) is 4.98 Å². The van der Waals surface area contributed by atoms with Gasteiger partial charge in [-0.15, -0.1) is 6.58 Å². The van der Waals surface area contributed by atoms with Crippen LogP contribution in [0.1, 0.15) is 32.4 Å². The molecule has 4 heteroatoms. The number of nitrogens with zero attached hydrogens (tertiary/aromatic N) is 3. The van der Waals surface area contributed by atoms with Crippen LogP contribution < -0.4 is 10.2 Å². The van der Waals surface area contributed by atoms with Crippen LogP contribution in [-0.4, -0.2) is 30.1 Å². The molecule has 1 aromatic heterocycles. The normalized spacial score (nSPS) is 10.7. The lowest BCUT2D eigenvalue weighted by Crippen LogP contribution is -2.21. The van der Waals surface area contributed by atoms with E-state index in [0.29, 0.717) is 5.92 Å². The molecule has 0 spiro atoms. The summed E-state index contributed by atoms with van der Waals surface area (Å²) in [5.41, 5.74) is 0.990. The highest BCUT2D eigenvalue weighted by Gasteiger charge is 2.03. The van der Waals surface area contributed by atoms with Crippen LogP contribution in [0, 0.1) is 5.92 Å². The first kappa shape index (κ1) is 15.6.